The molecular weight excluding hydrogens is 468 g/mol. The number of rotatable bonds is 15. The van der Waals surface area contributed by atoms with E-state index >= 15 is 0 Å². The molecule has 0 saturated heterocycles. The van der Waals surface area contributed by atoms with E-state index in [0.29, 0.717) is 12.1 Å². The second-order valence-corrected chi connectivity index (χ2v) is 8.19. The zero-order chi connectivity index (χ0) is 25.8. The van der Waals surface area contributed by atoms with Crippen LogP contribution in [-0.2, 0) is 30.4 Å². The van der Waals surface area contributed by atoms with Gasteiger partial charge in [0.05, 0.1) is 12.4 Å². The Kier molecular flexibility index (Phi) is 12.1. The van der Waals surface area contributed by atoms with Crippen molar-refractivity contribution in [3.8, 4) is 0 Å². The van der Waals surface area contributed by atoms with Crippen LogP contribution in [0.25, 0.3) is 0 Å². The van der Waals surface area contributed by atoms with Crippen molar-refractivity contribution in [1.82, 2.24) is 25.9 Å². The lowest BCUT2D eigenvalue weighted by Gasteiger charge is -2.25. The normalized spacial score (nSPS) is 15.3. The van der Waals surface area contributed by atoms with Gasteiger partial charge in [0.15, 0.2) is 0 Å². The number of aliphatic carboxylic acids is 2. The van der Waals surface area contributed by atoms with E-state index in [-0.39, 0.29) is 24.5 Å². The number of carbonyl (C=O) groups is 5. The van der Waals surface area contributed by atoms with Crippen molar-refractivity contribution in [2.24, 2.45) is 11.7 Å². The molecule has 1 heterocycles. The Balaban J connectivity index is 2.93. The number of H-pyrrole nitrogens is 1. The molecule has 3 amide bonds. The van der Waals surface area contributed by atoms with E-state index in [2.05, 4.69) is 38.5 Å². The number of aromatic nitrogens is 2. The molecular formula is C20H32N6O7S. The first-order valence-corrected chi connectivity index (χ1v) is 11.3. The van der Waals surface area contributed by atoms with Crippen LogP contribution in [0.3, 0.4) is 0 Å². The second-order valence-electron chi connectivity index (χ2n) is 7.83. The van der Waals surface area contributed by atoms with Crippen LogP contribution < -0.4 is 21.7 Å². The van der Waals surface area contributed by atoms with Crippen molar-refractivity contribution in [3.05, 3.63) is 18.2 Å². The highest BCUT2D eigenvalue weighted by molar-refractivity contribution is 7.80. The van der Waals surface area contributed by atoms with Crippen LogP contribution in [0, 0.1) is 5.92 Å². The van der Waals surface area contributed by atoms with E-state index in [1.165, 1.54) is 12.5 Å². The summed E-state index contributed by atoms with van der Waals surface area (Å²) in [6.07, 6.45) is 2.76. The number of carboxylic acid groups (broad SMARTS) is 2. The first-order valence-electron chi connectivity index (χ1n) is 10.7. The van der Waals surface area contributed by atoms with E-state index in [1.807, 2.05) is 6.92 Å². The number of carboxylic acids is 2. The minimum Gasteiger partial charge on any atom is -0.481 e. The summed E-state index contributed by atoms with van der Waals surface area (Å²) >= 11 is 4.05. The predicted molar refractivity (Wildman–Crippen MR) is 124 cm³/mol. The van der Waals surface area contributed by atoms with E-state index in [0.717, 1.165) is 0 Å². The van der Waals surface area contributed by atoms with Gasteiger partial charge in [-0.1, -0.05) is 20.3 Å². The second kappa shape index (κ2) is 14.2. The zero-order valence-corrected chi connectivity index (χ0v) is 19.9. The van der Waals surface area contributed by atoms with Gasteiger partial charge >= 0.3 is 11.9 Å². The highest BCUT2D eigenvalue weighted by Crippen LogP contribution is 2.07. The van der Waals surface area contributed by atoms with Crippen LogP contribution in [0.2, 0.25) is 0 Å². The summed E-state index contributed by atoms with van der Waals surface area (Å²) in [4.78, 5) is 66.9. The molecule has 5 unspecified atom stereocenters. The van der Waals surface area contributed by atoms with Crippen molar-refractivity contribution >= 4 is 42.3 Å². The molecule has 14 heteroatoms. The van der Waals surface area contributed by atoms with Crippen molar-refractivity contribution in [3.63, 3.8) is 0 Å². The average Bonchev–Trinajstić information content (AvgIpc) is 3.30. The Bertz CT molecular complexity index is 850. The number of carbonyl (C=O) groups excluding carboxylic acids is 3. The van der Waals surface area contributed by atoms with E-state index in [4.69, 9.17) is 10.8 Å². The maximum Gasteiger partial charge on any atom is 0.326 e. The molecule has 190 valence electrons. The summed E-state index contributed by atoms with van der Waals surface area (Å²) < 4.78 is 0. The number of imidazole rings is 1. The van der Waals surface area contributed by atoms with Gasteiger partial charge in [0.25, 0.3) is 0 Å². The number of hydrogen-bond donors (Lipinski definition) is 8. The monoisotopic (exact) mass is 500 g/mol. The molecule has 5 atom stereocenters. The molecule has 0 aliphatic heterocycles. The maximum absolute atomic E-state index is 13.0. The van der Waals surface area contributed by atoms with Gasteiger partial charge in [-0.3, -0.25) is 19.2 Å². The van der Waals surface area contributed by atoms with Crippen LogP contribution in [0.1, 0.15) is 38.8 Å². The molecule has 34 heavy (non-hydrogen) atoms. The van der Waals surface area contributed by atoms with Gasteiger partial charge in [-0.25, -0.2) is 9.78 Å². The van der Waals surface area contributed by atoms with Gasteiger partial charge < -0.3 is 36.9 Å². The highest BCUT2D eigenvalue weighted by atomic mass is 32.1. The Hall–Kier alpha value is -3.13. The smallest absolute Gasteiger partial charge is 0.326 e. The van der Waals surface area contributed by atoms with Crippen LogP contribution in [0.4, 0.5) is 0 Å². The SMILES string of the molecule is CCC(C)C(N)C(=O)NC(Cc1cnc[nH]1)C(=O)NC(CS)C(=O)NC(CCC(=O)O)C(=O)O. The lowest BCUT2D eigenvalue weighted by molar-refractivity contribution is -0.143. The number of hydrogen-bond acceptors (Lipinski definition) is 8. The van der Waals surface area contributed by atoms with Crippen molar-refractivity contribution in [2.45, 2.75) is 63.7 Å². The molecule has 0 spiro atoms. The van der Waals surface area contributed by atoms with Gasteiger partial charge in [0.2, 0.25) is 17.7 Å². The van der Waals surface area contributed by atoms with Gasteiger partial charge in [-0.05, 0) is 12.3 Å². The van der Waals surface area contributed by atoms with E-state index in [1.54, 1.807) is 6.92 Å². The number of nitrogens with one attached hydrogen (secondary N) is 4. The fourth-order valence-electron chi connectivity index (χ4n) is 2.87. The summed E-state index contributed by atoms with van der Waals surface area (Å²) in [6.45, 7) is 3.68. The van der Waals surface area contributed by atoms with Gasteiger partial charge in [-0.15, -0.1) is 0 Å². The van der Waals surface area contributed by atoms with Crippen LogP contribution >= 0.6 is 12.6 Å². The van der Waals surface area contributed by atoms with E-state index in [9.17, 15) is 29.1 Å². The average molecular weight is 501 g/mol. The minimum atomic E-state index is -1.46. The predicted octanol–water partition coefficient (Wildman–Crippen LogP) is -1.34. The molecule has 0 aliphatic rings. The number of nitrogens with two attached hydrogens (primary N) is 1. The van der Waals surface area contributed by atoms with Crippen LogP contribution in [0.15, 0.2) is 12.5 Å². The standard InChI is InChI=1S/C20H32N6O7S/c1-3-10(2)16(21)19(31)25-13(6-11-7-22-9-23-11)17(29)26-14(8-34)18(30)24-12(20(32)33)4-5-15(27)28/h7,9-10,12-14,16,34H,3-6,8,21H2,1-2H3,(H,22,23)(H,24,30)(H,25,31)(H,26,29)(H,27,28)(H,32,33). The molecule has 13 nitrogen and oxygen atoms in total. The summed E-state index contributed by atoms with van der Waals surface area (Å²) in [7, 11) is 0. The molecule has 0 fully saturated rings. The lowest BCUT2D eigenvalue weighted by atomic mass is 9.98. The van der Waals surface area contributed by atoms with Crippen molar-refractivity contribution in [2.75, 3.05) is 5.75 Å². The van der Waals surface area contributed by atoms with Crippen LogP contribution in [0.5, 0.6) is 0 Å². The molecule has 0 aliphatic carbocycles. The molecule has 0 radical (unpaired) electrons. The molecule has 1 aromatic rings. The molecule has 0 saturated carbocycles. The number of nitrogens with zero attached hydrogens (tertiary/aromatic N) is 1. The lowest BCUT2D eigenvalue weighted by Crippen LogP contribution is -2.58. The largest absolute Gasteiger partial charge is 0.481 e. The third kappa shape index (κ3) is 9.39. The summed E-state index contributed by atoms with van der Waals surface area (Å²) in [5, 5.41) is 25.2. The summed E-state index contributed by atoms with van der Waals surface area (Å²) in [5.74, 6) is -5.06. The van der Waals surface area contributed by atoms with Gasteiger partial charge in [0.1, 0.15) is 18.1 Å². The fraction of sp³-hybridized carbons (Fsp3) is 0.600. The maximum atomic E-state index is 13.0. The first-order chi connectivity index (χ1) is 16.0. The third-order valence-corrected chi connectivity index (χ3v) is 5.61. The highest BCUT2D eigenvalue weighted by Gasteiger charge is 2.31. The molecule has 0 bridgehead atoms. The molecule has 1 aromatic heterocycles. The summed E-state index contributed by atoms with van der Waals surface area (Å²) in [6, 6.07) is -4.67. The number of thiol groups is 1. The molecule has 0 aromatic carbocycles. The topological polar surface area (TPSA) is 217 Å². The number of aromatic amines is 1. The minimum absolute atomic E-state index is 0.0298. The molecule has 1 rings (SSSR count). The van der Waals surface area contributed by atoms with Crippen molar-refractivity contribution in [1.29, 1.82) is 0 Å². The van der Waals surface area contributed by atoms with Gasteiger partial charge in [0, 0.05) is 30.5 Å². The summed E-state index contributed by atoms with van der Waals surface area (Å²) in [5.41, 5.74) is 6.51. The molecule has 8 N–H and O–H groups in total. The Morgan fingerprint density at radius 1 is 1.06 bits per heavy atom. The zero-order valence-electron chi connectivity index (χ0n) is 19.0. The van der Waals surface area contributed by atoms with E-state index < -0.39 is 60.2 Å². The first kappa shape index (κ1) is 28.9. The third-order valence-electron chi connectivity index (χ3n) is 5.25. The Labute approximate surface area is 202 Å². The fourth-order valence-corrected chi connectivity index (χ4v) is 3.13. The Morgan fingerprint density at radius 2 is 1.65 bits per heavy atom. The Morgan fingerprint density at radius 3 is 2.15 bits per heavy atom. The van der Waals surface area contributed by atoms with Crippen LogP contribution in [-0.4, -0.2) is 79.8 Å². The van der Waals surface area contributed by atoms with Crippen molar-refractivity contribution < 1.29 is 34.2 Å². The number of amides is 3. The van der Waals surface area contributed by atoms with Gasteiger partial charge in [-0.2, -0.15) is 12.6 Å². The quantitative estimate of drug-likeness (QED) is 0.133.